The Morgan fingerprint density at radius 2 is 1.00 bits per heavy atom. The van der Waals surface area contributed by atoms with E-state index in [-0.39, 0.29) is 0 Å². The largest absolute Gasteiger partial charge is 0.0495 e. The van der Waals surface area contributed by atoms with Crippen LogP contribution in [0.5, 0.6) is 0 Å². The van der Waals surface area contributed by atoms with Gasteiger partial charge in [-0.25, -0.2) is 0 Å². The summed E-state index contributed by atoms with van der Waals surface area (Å²) in [5.41, 5.74) is 0. The zero-order valence-electron chi connectivity index (χ0n) is 7.72. The summed E-state index contributed by atoms with van der Waals surface area (Å²) in [6.45, 7) is 0. The molecule has 0 amide bonds. The quantitative estimate of drug-likeness (QED) is 0.195. The van der Waals surface area contributed by atoms with Crippen molar-refractivity contribution in [1.29, 1.82) is 0 Å². The topological polar surface area (TPSA) is 0 Å². The van der Waals surface area contributed by atoms with Crippen LogP contribution in [0.25, 0.3) is 10.8 Å². The Morgan fingerprint density at radius 1 is 0.529 bits per heavy atom. The normalized spacial score (nSPS) is 11.2. The SMILES string of the molecule is Brc1cc2c(Br)c(Br)c(Br)c(Br)c2c(Br)c1Br. The molecule has 0 heterocycles. The van der Waals surface area contributed by atoms with Crippen LogP contribution in [0.2, 0.25) is 0 Å². The van der Waals surface area contributed by atoms with Crippen molar-refractivity contribution >= 4 is 122 Å². The molecular weight excluding hydrogens is 679 g/mol. The number of fused-ring (bicyclic) bond motifs is 1. The smallest absolute Gasteiger partial charge is 0.0477 e. The Balaban J connectivity index is 3.12. The summed E-state index contributed by atoms with van der Waals surface area (Å²) in [5.74, 6) is 0. The number of hydrogen-bond acceptors (Lipinski definition) is 0. The van der Waals surface area contributed by atoms with Crippen LogP contribution < -0.4 is 0 Å². The standard InChI is InChI=1S/C10HBr7/c11-3-1-2-4(7(14)6(3)13)8(15)10(17)9(16)5(2)12/h1H. The first kappa shape index (κ1) is 15.4. The molecule has 17 heavy (non-hydrogen) atoms. The highest BCUT2D eigenvalue weighted by atomic mass is 79.9. The summed E-state index contributed by atoms with van der Waals surface area (Å²) in [5, 5.41) is 2.20. The molecule has 0 unspecified atom stereocenters. The Kier molecular flexibility index (Phi) is 5.29. The molecule has 0 saturated heterocycles. The molecular formula is C10HBr7. The summed E-state index contributed by atoms with van der Waals surface area (Å²) >= 11 is 25.0. The van der Waals surface area contributed by atoms with Crippen LogP contribution in [0.3, 0.4) is 0 Å². The van der Waals surface area contributed by atoms with Gasteiger partial charge in [0.2, 0.25) is 0 Å². The van der Waals surface area contributed by atoms with Crippen molar-refractivity contribution in [2.75, 3.05) is 0 Å². The van der Waals surface area contributed by atoms with Crippen molar-refractivity contribution in [3.05, 3.63) is 37.4 Å². The van der Waals surface area contributed by atoms with Crippen molar-refractivity contribution in [3.8, 4) is 0 Å². The lowest BCUT2D eigenvalue weighted by molar-refractivity contribution is 1.51. The second kappa shape index (κ2) is 5.82. The first-order valence-corrected chi connectivity index (χ1v) is 9.70. The Hall–Kier alpha value is 2.06. The molecule has 2 aromatic carbocycles. The van der Waals surface area contributed by atoms with E-state index in [4.69, 9.17) is 0 Å². The number of hydrogen-bond donors (Lipinski definition) is 0. The minimum atomic E-state index is 0.979. The average Bonchev–Trinajstić information content (AvgIpc) is 2.30. The first-order valence-electron chi connectivity index (χ1n) is 4.15. The lowest BCUT2D eigenvalue weighted by Crippen LogP contribution is -1.86. The van der Waals surface area contributed by atoms with Crippen LogP contribution in [0.4, 0.5) is 0 Å². The highest BCUT2D eigenvalue weighted by molar-refractivity contribution is 9.15. The molecule has 2 rings (SSSR count). The Labute approximate surface area is 157 Å². The highest BCUT2D eigenvalue weighted by Crippen LogP contribution is 2.48. The second-order valence-corrected chi connectivity index (χ2v) is 8.78. The zero-order valence-corrected chi connectivity index (χ0v) is 18.8. The van der Waals surface area contributed by atoms with Crippen LogP contribution in [0.1, 0.15) is 0 Å². The molecule has 0 aliphatic rings. The molecule has 0 atom stereocenters. The summed E-state index contributed by atoms with van der Waals surface area (Å²) in [7, 11) is 0. The second-order valence-electron chi connectivity index (χ2n) is 3.16. The van der Waals surface area contributed by atoms with Crippen molar-refractivity contribution in [3.63, 3.8) is 0 Å². The predicted octanol–water partition coefficient (Wildman–Crippen LogP) is 8.18. The molecule has 0 aromatic heterocycles. The van der Waals surface area contributed by atoms with Gasteiger partial charge in [0, 0.05) is 42.1 Å². The summed E-state index contributed by atoms with van der Waals surface area (Å²) in [6.07, 6.45) is 0. The maximum atomic E-state index is 3.61. The first-order chi connectivity index (χ1) is 7.86. The van der Waals surface area contributed by atoms with Crippen molar-refractivity contribution in [2.24, 2.45) is 0 Å². The van der Waals surface area contributed by atoms with Gasteiger partial charge < -0.3 is 0 Å². The zero-order chi connectivity index (χ0) is 12.9. The van der Waals surface area contributed by atoms with Gasteiger partial charge in [0.05, 0.1) is 0 Å². The Bertz CT molecular complexity index is 625. The number of rotatable bonds is 0. The van der Waals surface area contributed by atoms with Crippen LogP contribution in [0, 0.1) is 0 Å². The average molecular weight is 680 g/mol. The molecule has 0 fully saturated rings. The van der Waals surface area contributed by atoms with Crippen molar-refractivity contribution in [2.45, 2.75) is 0 Å². The Morgan fingerprint density at radius 3 is 1.59 bits per heavy atom. The fourth-order valence-electron chi connectivity index (χ4n) is 1.40. The van der Waals surface area contributed by atoms with E-state index in [2.05, 4.69) is 118 Å². The van der Waals surface area contributed by atoms with E-state index in [1.165, 1.54) is 0 Å². The van der Waals surface area contributed by atoms with E-state index in [0.29, 0.717) is 0 Å². The third-order valence-corrected chi connectivity index (χ3v) is 10.3. The summed E-state index contributed by atoms with van der Waals surface area (Å²) in [6, 6.07) is 2.07. The maximum Gasteiger partial charge on any atom is 0.0477 e. The van der Waals surface area contributed by atoms with Gasteiger partial charge in [0.15, 0.2) is 0 Å². The minimum absolute atomic E-state index is 0.979. The van der Waals surface area contributed by atoms with Gasteiger partial charge in [-0.15, -0.1) is 0 Å². The summed E-state index contributed by atoms with van der Waals surface area (Å²) in [4.78, 5) is 0. The number of benzene rings is 2. The molecule has 0 nitrogen and oxygen atoms in total. The third-order valence-electron chi connectivity index (χ3n) is 2.20. The predicted molar refractivity (Wildman–Crippen MR) is 97.8 cm³/mol. The van der Waals surface area contributed by atoms with Crippen LogP contribution in [-0.4, -0.2) is 0 Å². The molecule has 0 aliphatic carbocycles. The lowest BCUT2D eigenvalue weighted by Gasteiger charge is -2.13. The van der Waals surface area contributed by atoms with E-state index in [1.807, 2.05) is 0 Å². The molecule has 90 valence electrons. The summed E-state index contributed by atoms with van der Waals surface area (Å²) < 4.78 is 6.97. The molecule has 0 aliphatic heterocycles. The van der Waals surface area contributed by atoms with Gasteiger partial charge in [-0.1, -0.05) is 0 Å². The van der Waals surface area contributed by atoms with E-state index in [0.717, 1.165) is 42.1 Å². The van der Waals surface area contributed by atoms with Gasteiger partial charge in [0.25, 0.3) is 0 Å². The molecule has 0 spiro atoms. The van der Waals surface area contributed by atoms with Crippen molar-refractivity contribution in [1.82, 2.24) is 0 Å². The van der Waals surface area contributed by atoms with Crippen LogP contribution >= 0.6 is 112 Å². The van der Waals surface area contributed by atoms with Crippen molar-refractivity contribution < 1.29 is 0 Å². The third kappa shape index (κ3) is 2.63. The van der Waals surface area contributed by atoms with E-state index in [9.17, 15) is 0 Å². The molecule has 2 aromatic rings. The molecule has 0 saturated carbocycles. The fraction of sp³-hybridized carbons (Fsp3) is 0. The van der Waals surface area contributed by atoms with Gasteiger partial charge in [-0.2, -0.15) is 0 Å². The monoisotopic (exact) mass is 673 g/mol. The van der Waals surface area contributed by atoms with Gasteiger partial charge in [-0.3, -0.25) is 0 Å². The minimum Gasteiger partial charge on any atom is -0.0495 e. The molecule has 0 bridgehead atoms. The fourth-order valence-corrected chi connectivity index (χ4v) is 5.76. The molecule has 0 radical (unpaired) electrons. The van der Waals surface area contributed by atoms with Gasteiger partial charge >= 0.3 is 0 Å². The van der Waals surface area contributed by atoms with E-state index in [1.54, 1.807) is 0 Å². The highest BCUT2D eigenvalue weighted by Gasteiger charge is 2.18. The van der Waals surface area contributed by atoms with E-state index < -0.39 is 0 Å². The maximum absolute atomic E-state index is 3.61. The van der Waals surface area contributed by atoms with Crippen LogP contribution in [-0.2, 0) is 0 Å². The number of halogens is 7. The molecule has 0 N–H and O–H groups in total. The van der Waals surface area contributed by atoms with Gasteiger partial charge in [0.1, 0.15) is 0 Å². The van der Waals surface area contributed by atoms with E-state index >= 15 is 0 Å². The molecule has 7 heteroatoms. The lowest BCUT2D eigenvalue weighted by atomic mass is 10.1. The van der Waals surface area contributed by atoms with Crippen LogP contribution in [0.15, 0.2) is 37.4 Å². The van der Waals surface area contributed by atoms with Gasteiger partial charge in [-0.05, 0) is 118 Å².